The molecule has 0 amide bonds. The summed E-state index contributed by atoms with van der Waals surface area (Å²) in [6.07, 6.45) is 2.94. The van der Waals surface area contributed by atoms with Crippen LogP contribution in [-0.4, -0.2) is 9.97 Å². The number of aromatic nitrogens is 2. The fourth-order valence-electron chi connectivity index (χ4n) is 4.34. The van der Waals surface area contributed by atoms with Gasteiger partial charge in [-0.2, -0.15) is 0 Å². The Hall–Kier alpha value is -3.46. The van der Waals surface area contributed by atoms with Gasteiger partial charge in [0.2, 0.25) is 5.71 Å². The third-order valence-corrected chi connectivity index (χ3v) is 5.81. The Kier molecular flexibility index (Phi) is 4.82. The van der Waals surface area contributed by atoms with Crippen molar-refractivity contribution >= 4 is 22.1 Å². The standard InChI is InChI=1S/C28H26N2O/c1-17(2)16-20-9-11-21(12-10-20)22-6-5-15-29-26(22)25-18(3)7-13-23-24-14-8-19(4)30-28(24)31-27(23)25/h5-15,17H,16H2,1-4H3. The van der Waals surface area contributed by atoms with Crippen LogP contribution in [0.4, 0.5) is 0 Å². The van der Waals surface area contributed by atoms with Crippen molar-refractivity contribution in [2.24, 2.45) is 5.92 Å². The van der Waals surface area contributed by atoms with Gasteiger partial charge in [-0.05, 0) is 61.1 Å². The van der Waals surface area contributed by atoms with Crippen molar-refractivity contribution in [2.75, 3.05) is 0 Å². The fraction of sp³-hybridized carbons (Fsp3) is 0.214. The van der Waals surface area contributed by atoms with E-state index in [9.17, 15) is 0 Å². The molecule has 0 aliphatic carbocycles. The maximum Gasteiger partial charge on any atom is 0.227 e. The quantitative estimate of drug-likeness (QED) is 0.310. The summed E-state index contributed by atoms with van der Waals surface area (Å²) < 4.78 is 6.30. The summed E-state index contributed by atoms with van der Waals surface area (Å²) in [6.45, 7) is 8.60. The van der Waals surface area contributed by atoms with Crippen molar-refractivity contribution < 1.29 is 4.42 Å². The molecular formula is C28H26N2O. The van der Waals surface area contributed by atoms with E-state index in [-0.39, 0.29) is 0 Å². The lowest BCUT2D eigenvalue weighted by Gasteiger charge is -2.13. The fourth-order valence-corrected chi connectivity index (χ4v) is 4.34. The van der Waals surface area contributed by atoms with Gasteiger partial charge in [0.1, 0.15) is 5.58 Å². The predicted molar refractivity (Wildman–Crippen MR) is 128 cm³/mol. The molecule has 2 aromatic carbocycles. The van der Waals surface area contributed by atoms with E-state index in [1.165, 1.54) is 5.56 Å². The smallest absolute Gasteiger partial charge is 0.227 e. The van der Waals surface area contributed by atoms with Gasteiger partial charge in [-0.25, -0.2) is 4.98 Å². The molecular weight excluding hydrogens is 380 g/mol. The average Bonchev–Trinajstić information content (AvgIpc) is 3.11. The van der Waals surface area contributed by atoms with Gasteiger partial charge >= 0.3 is 0 Å². The highest BCUT2D eigenvalue weighted by atomic mass is 16.3. The van der Waals surface area contributed by atoms with Gasteiger partial charge in [-0.15, -0.1) is 0 Å². The molecule has 0 fully saturated rings. The molecule has 0 aliphatic rings. The van der Waals surface area contributed by atoms with Crippen LogP contribution < -0.4 is 0 Å². The van der Waals surface area contributed by atoms with Gasteiger partial charge in [0.25, 0.3) is 0 Å². The Morgan fingerprint density at radius 3 is 2.42 bits per heavy atom. The molecule has 5 rings (SSSR count). The number of aryl methyl sites for hydroxylation is 2. The summed E-state index contributed by atoms with van der Waals surface area (Å²) in [5.74, 6) is 0.644. The van der Waals surface area contributed by atoms with E-state index in [1.54, 1.807) is 0 Å². The lowest BCUT2D eigenvalue weighted by atomic mass is 9.94. The van der Waals surface area contributed by atoms with Crippen molar-refractivity contribution in [3.63, 3.8) is 0 Å². The lowest BCUT2D eigenvalue weighted by Crippen LogP contribution is -1.95. The lowest BCUT2D eigenvalue weighted by molar-refractivity contribution is 0.647. The molecule has 0 unspecified atom stereocenters. The first kappa shape index (κ1) is 19.5. The summed E-state index contributed by atoms with van der Waals surface area (Å²) in [7, 11) is 0. The molecule has 0 atom stereocenters. The number of furan rings is 1. The first-order chi connectivity index (χ1) is 15.0. The predicted octanol–water partition coefficient (Wildman–Crippen LogP) is 7.53. The highest BCUT2D eigenvalue weighted by molar-refractivity contribution is 6.10. The number of rotatable bonds is 4. The molecule has 31 heavy (non-hydrogen) atoms. The zero-order valence-electron chi connectivity index (χ0n) is 18.4. The summed E-state index contributed by atoms with van der Waals surface area (Å²) in [6, 6.07) is 21.4. The molecule has 0 spiro atoms. The van der Waals surface area contributed by atoms with E-state index in [2.05, 4.69) is 74.3 Å². The van der Waals surface area contributed by atoms with Gasteiger partial charge in [0.15, 0.2) is 0 Å². The van der Waals surface area contributed by atoms with E-state index in [0.29, 0.717) is 11.6 Å². The molecule has 3 heterocycles. The van der Waals surface area contributed by atoms with Crippen LogP contribution in [0.5, 0.6) is 0 Å². The van der Waals surface area contributed by atoms with Crippen molar-refractivity contribution in [2.45, 2.75) is 34.1 Å². The minimum Gasteiger partial charge on any atom is -0.437 e. The van der Waals surface area contributed by atoms with Crippen LogP contribution in [0.15, 0.2) is 71.3 Å². The van der Waals surface area contributed by atoms with Crippen LogP contribution >= 0.6 is 0 Å². The summed E-state index contributed by atoms with van der Waals surface area (Å²) in [5, 5.41) is 2.12. The largest absolute Gasteiger partial charge is 0.437 e. The second-order valence-electron chi connectivity index (χ2n) is 8.74. The van der Waals surface area contributed by atoms with Gasteiger partial charge in [0, 0.05) is 33.8 Å². The average molecular weight is 407 g/mol. The van der Waals surface area contributed by atoms with Crippen molar-refractivity contribution in [3.8, 4) is 22.4 Å². The Balaban J connectivity index is 1.71. The maximum absolute atomic E-state index is 6.30. The number of pyridine rings is 2. The number of hydrogen-bond acceptors (Lipinski definition) is 3. The van der Waals surface area contributed by atoms with Crippen LogP contribution in [0.2, 0.25) is 0 Å². The number of hydrogen-bond donors (Lipinski definition) is 0. The molecule has 0 N–H and O–H groups in total. The van der Waals surface area contributed by atoms with Gasteiger partial charge in [-0.3, -0.25) is 4.98 Å². The third-order valence-electron chi connectivity index (χ3n) is 5.81. The van der Waals surface area contributed by atoms with Crippen LogP contribution in [-0.2, 0) is 6.42 Å². The molecule has 5 aromatic rings. The van der Waals surface area contributed by atoms with E-state index in [0.717, 1.165) is 56.4 Å². The molecule has 0 radical (unpaired) electrons. The van der Waals surface area contributed by atoms with Crippen LogP contribution in [0.25, 0.3) is 44.5 Å². The van der Waals surface area contributed by atoms with Crippen LogP contribution in [0.1, 0.15) is 30.7 Å². The molecule has 3 aromatic heterocycles. The number of benzene rings is 2. The number of nitrogens with zero attached hydrogens (tertiary/aromatic N) is 2. The SMILES string of the molecule is Cc1ccc2c(n1)oc1c(-c3ncccc3-c3ccc(CC(C)C)cc3)c(C)ccc12. The van der Waals surface area contributed by atoms with E-state index in [4.69, 9.17) is 9.40 Å². The zero-order valence-corrected chi connectivity index (χ0v) is 18.4. The maximum atomic E-state index is 6.30. The molecule has 0 saturated carbocycles. The first-order valence-corrected chi connectivity index (χ1v) is 10.9. The van der Waals surface area contributed by atoms with Gasteiger partial charge in [0.05, 0.1) is 5.69 Å². The van der Waals surface area contributed by atoms with Crippen LogP contribution in [0, 0.1) is 19.8 Å². The van der Waals surface area contributed by atoms with Crippen LogP contribution in [0.3, 0.4) is 0 Å². The minimum atomic E-state index is 0.644. The molecule has 0 bridgehead atoms. The minimum absolute atomic E-state index is 0.644. The van der Waals surface area contributed by atoms with E-state index >= 15 is 0 Å². The summed E-state index contributed by atoms with van der Waals surface area (Å²) in [4.78, 5) is 9.42. The van der Waals surface area contributed by atoms with Crippen molar-refractivity contribution in [3.05, 3.63) is 83.7 Å². The zero-order chi connectivity index (χ0) is 21.5. The summed E-state index contributed by atoms with van der Waals surface area (Å²) >= 11 is 0. The molecule has 3 heteroatoms. The van der Waals surface area contributed by atoms with Gasteiger partial charge < -0.3 is 4.42 Å². The molecule has 0 aliphatic heterocycles. The third kappa shape index (κ3) is 3.50. The monoisotopic (exact) mass is 406 g/mol. The molecule has 3 nitrogen and oxygen atoms in total. The first-order valence-electron chi connectivity index (χ1n) is 10.9. The summed E-state index contributed by atoms with van der Waals surface area (Å²) in [5.41, 5.74) is 9.23. The Morgan fingerprint density at radius 1 is 0.871 bits per heavy atom. The highest BCUT2D eigenvalue weighted by Gasteiger charge is 2.19. The highest BCUT2D eigenvalue weighted by Crippen LogP contribution is 2.40. The topological polar surface area (TPSA) is 38.9 Å². The van der Waals surface area contributed by atoms with E-state index < -0.39 is 0 Å². The second kappa shape index (κ2) is 7.66. The number of fused-ring (bicyclic) bond motifs is 3. The van der Waals surface area contributed by atoms with E-state index in [1.807, 2.05) is 25.3 Å². The van der Waals surface area contributed by atoms with Crippen molar-refractivity contribution in [1.82, 2.24) is 9.97 Å². The molecule has 0 saturated heterocycles. The Labute approximate surface area is 182 Å². The second-order valence-corrected chi connectivity index (χ2v) is 8.74. The molecule has 154 valence electrons. The Bertz CT molecular complexity index is 1390. The van der Waals surface area contributed by atoms with Crippen molar-refractivity contribution in [1.29, 1.82) is 0 Å². The van der Waals surface area contributed by atoms with Gasteiger partial charge in [-0.1, -0.05) is 56.3 Å². The normalized spacial score (nSPS) is 11.6. The Morgan fingerprint density at radius 2 is 1.65 bits per heavy atom.